The van der Waals surface area contributed by atoms with Gasteiger partial charge in [-0.2, -0.15) is 0 Å². The zero-order valence-electron chi connectivity index (χ0n) is 15.0. The molecule has 4 aliphatic carbocycles. The van der Waals surface area contributed by atoms with E-state index in [1.54, 1.807) is 25.3 Å². The number of sulfonamides is 1. The van der Waals surface area contributed by atoms with E-state index in [1.165, 1.54) is 45.6 Å². The summed E-state index contributed by atoms with van der Waals surface area (Å²) in [7, 11) is -0.573. The van der Waals surface area contributed by atoms with Crippen LogP contribution in [-0.2, 0) is 10.0 Å². The first kappa shape index (κ1) is 17.2. The molecule has 4 bridgehead atoms. The molecule has 25 heavy (non-hydrogen) atoms. The zero-order chi connectivity index (χ0) is 17.7. The molecule has 1 aromatic rings. The number of ether oxygens (including phenoxy) is 2. The van der Waals surface area contributed by atoms with E-state index in [9.17, 15) is 8.42 Å². The second kappa shape index (κ2) is 6.16. The molecule has 0 spiro atoms. The van der Waals surface area contributed by atoms with E-state index in [2.05, 4.69) is 4.72 Å². The molecule has 1 N–H and O–H groups in total. The van der Waals surface area contributed by atoms with Gasteiger partial charge >= 0.3 is 0 Å². The Morgan fingerprint density at radius 3 is 2.16 bits per heavy atom. The van der Waals surface area contributed by atoms with Crippen LogP contribution in [0.3, 0.4) is 0 Å². The Labute approximate surface area is 150 Å². The molecule has 0 atom stereocenters. The maximum Gasteiger partial charge on any atom is 0.244 e. The fraction of sp³-hybridized carbons (Fsp3) is 0.684. The highest BCUT2D eigenvalue weighted by Crippen LogP contribution is 2.59. The first-order valence-electron chi connectivity index (χ1n) is 9.15. The predicted molar refractivity (Wildman–Crippen MR) is 95.3 cm³/mol. The molecule has 0 saturated heterocycles. The molecule has 4 fully saturated rings. The van der Waals surface area contributed by atoms with Crippen molar-refractivity contribution >= 4 is 10.0 Å². The van der Waals surface area contributed by atoms with E-state index in [1.807, 2.05) is 0 Å². The van der Waals surface area contributed by atoms with Gasteiger partial charge < -0.3 is 9.47 Å². The van der Waals surface area contributed by atoms with Gasteiger partial charge in [0.15, 0.2) is 0 Å². The quantitative estimate of drug-likeness (QED) is 0.841. The standard InChI is InChI=1S/C19H27NO4S/c1-23-16-3-4-18(17(8-16)24-2)25(21,22)20-12-19-9-13-5-14(10-19)7-15(6-13)11-19/h3-4,8,13-15,20H,5-7,9-12H2,1-2H3. The molecule has 0 unspecified atom stereocenters. The molecule has 0 aromatic heterocycles. The lowest BCUT2D eigenvalue weighted by Gasteiger charge is -2.56. The van der Waals surface area contributed by atoms with Gasteiger partial charge in [-0.1, -0.05) is 0 Å². The monoisotopic (exact) mass is 365 g/mol. The second-order valence-corrected chi connectivity index (χ2v) is 9.99. The molecule has 4 saturated carbocycles. The van der Waals surface area contributed by atoms with Crippen molar-refractivity contribution in [3.05, 3.63) is 18.2 Å². The van der Waals surface area contributed by atoms with Crippen LogP contribution in [0.25, 0.3) is 0 Å². The van der Waals surface area contributed by atoms with Crippen LogP contribution in [0, 0.1) is 23.2 Å². The Kier molecular flexibility index (Phi) is 4.23. The van der Waals surface area contributed by atoms with Gasteiger partial charge in [0.25, 0.3) is 0 Å². The zero-order valence-corrected chi connectivity index (χ0v) is 15.8. The summed E-state index contributed by atoms with van der Waals surface area (Å²) in [5.41, 5.74) is 0.168. The van der Waals surface area contributed by atoms with Crippen LogP contribution in [0.15, 0.2) is 23.1 Å². The summed E-state index contributed by atoms with van der Waals surface area (Å²) in [6.45, 7) is 0.550. The van der Waals surface area contributed by atoms with E-state index in [-0.39, 0.29) is 10.3 Å². The van der Waals surface area contributed by atoms with Crippen molar-refractivity contribution < 1.29 is 17.9 Å². The average molecular weight is 365 g/mol. The van der Waals surface area contributed by atoms with Crippen molar-refractivity contribution in [3.8, 4) is 11.5 Å². The third-order valence-electron chi connectivity index (χ3n) is 6.46. The second-order valence-electron chi connectivity index (χ2n) is 8.26. The molecule has 4 aliphatic rings. The summed E-state index contributed by atoms with van der Waals surface area (Å²) in [5.74, 6) is 3.33. The predicted octanol–water partition coefficient (Wildman–Crippen LogP) is 3.20. The van der Waals surface area contributed by atoms with Crippen molar-refractivity contribution in [3.63, 3.8) is 0 Å². The van der Waals surface area contributed by atoms with Crippen molar-refractivity contribution in [2.75, 3.05) is 20.8 Å². The maximum absolute atomic E-state index is 12.9. The van der Waals surface area contributed by atoms with E-state index in [4.69, 9.17) is 9.47 Å². The summed E-state index contributed by atoms with van der Waals surface area (Å²) in [6, 6.07) is 4.82. The Morgan fingerprint density at radius 1 is 1.04 bits per heavy atom. The van der Waals surface area contributed by atoms with Crippen LogP contribution < -0.4 is 14.2 Å². The van der Waals surface area contributed by atoms with Gasteiger partial charge in [0, 0.05) is 12.6 Å². The smallest absolute Gasteiger partial charge is 0.244 e. The van der Waals surface area contributed by atoms with Gasteiger partial charge in [-0.25, -0.2) is 13.1 Å². The minimum Gasteiger partial charge on any atom is -0.497 e. The van der Waals surface area contributed by atoms with Crippen molar-refractivity contribution in [1.82, 2.24) is 4.72 Å². The lowest BCUT2D eigenvalue weighted by atomic mass is 9.50. The molecule has 0 heterocycles. The molecule has 138 valence electrons. The fourth-order valence-corrected chi connectivity index (χ4v) is 7.14. The molecular weight excluding hydrogens is 338 g/mol. The average Bonchev–Trinajstić information content (AvgIpc) is 2.58. The summed E-state index contributed by atoms with van der Waals surface area (Å²) >= 11 is 0. The van der Waals surface area contributed by atoms with Gasteiger partial charge in [-0.15, -0.1) is 0 Å². The largest absolute Gasteiger partial charge is 0.497 e. The van der Waals surface area contributed by atoms with Crippen molar-refractivity contribution in [2.45, 2.75) is 43.4 Å². The number of hydrogen-bond donors (Lipinski definition) is 1. The molecule has 5 rings (SSSR count). The maximum atomic E-state index is 12.9. The topological polar surface area (TPSA) is 64.6 Å². The highest BCUT2D eigenvalue weighted by molar-refractivity contribution is 7.89. The number of methoxy groups -OCH3 is 2. The minimum atomic E-state index is -3.60. The van der Waals surface area contributed by atoms with Crippen molar-refractivity contribution in [1.29, 1.82) is 0 Å². The third kappa shape index (κ3) is 3.14. The Balaban J connectivity index is 1.53. The SMILES string of the molecule is COc1ccc(S(=O)(=O)NCC23CC4CC(CC(C4)C2)C3)c(OC)c1. The summed E-state index contributed by atoms with van der Waals surface area (Å²) in [6.07, 6.45) is 7.62. The lowest BCUT2D eigenvalue weighted by molar-refractivity contribution is -0.0487. The van der Waals surface area contributed by atoms with Gasteiger partial charge in [-0.05, 0) is 73.8 Å². The Hall–Kier alpha value is -1.27. The molecule has 6 heteroatoms. The molecular formula is C19H27NO4S. The van der Waals surface area contributed by atoms with Crippen LogP contribution in [0.2, 0.25) is 0 Å². The summed E-state index contributed by atoms with van der Waals surface area (Å²) in [4.78, 5) is 0.181. The molecule has 0 radical (unpaired) electrons. The van der Waals surface area contributed by atoms with E-state index >= 15 is 0 Å². The van der Waals surface area contributed by atoms with Crippen LogP contribution >= 0.6 is 0 Å². The highest BCUT2D eigenvalue weighted by Gasteiger charge is 2.51. The number of rotatable bonds is 6. The van der Waals surface area contributed by atoms with E-state index in [0.717, 1.165) is 17.8 Å². The van der Waals surface area contributed by atoms with Gasteiger partial charge in [-0.3, -0.25) is 0 Å². The Bertz CT molecular complexity index is 723. The van der Waals surface area contributed by atoms with Gasteiger partial charge in [0.2, 0.25) is 10.0 Å². The lowest BCUT2D eigenvalue weighted by Crippen LogP contribution is -2.51. The molecule has 0 amide bonds. The highest BCUT2D eigenvalue weighted by atomic mass is 32.2. The number of benzene rings is 1. The first-order chi connectivity index (χ1) is 11.9. The number of nitrogens with one attached hydrogen (secondary N) is 1. The molecule has 5 nitrogen and oxygen atoms in total. The van der Waals surface area contributed by atoms with Crippen LogP contribution in [0.4, 0.5) is 0 Å². The molecule has 0 aliphatic heterocycles. The van der Waals surface area contributed by atoms with Crippen LogP contribution in [0.5, 0.6) is 11.5 Å². The molecule has 1 aromatic carbocycles. The van der Waals surface area contributed by atoms with Crippen LogP contribution in [-0.4, -0.2) is 29.2 Å². The Morgan fingerprint density at radius 2 is 1.64 bits per heavy atom. The minimum absolute atomic E-state index is 0.168. The van der Waals surface area contributed by atoms with Crippen LogP contribution in [0.1, 0.15) is 38.5 Å². The number of hydrogen-bond acceptors (Lipinski definition) is 4. The van der Waals surface area contributed by atoms with Gasteiger partial charge in [0.1, 0.15) is 16.4 Å². The fourth-order valence-electron chi connectivity index (χ4n) is 5.83. The third-order valence-corrected chi connectivity index (χ3v) is 7.90. The summed E-state index contributed by atoms with van der Waals surface area (Å²) in [5, 5.41) is 0. The first-order valence-corrected chi connectivity index (χ1v) is 10.6. The normalized spacial score (nSPS) is 33.4. The van der Waals surface area contributed by atoms with E-state index < -0.39 is 10.0 Å². The van der Waals surface area contributed by atoms with Gasteiger partial charge in [0.05, 0.1) is 14.2 Å². The summed E-state index contributed by atoms with van der Waals surface area (Å²) < 4.78 is 39.1. The van der Waals surface area contributed by atoms with Crippen molar-refractivity contribution in [2.24, 2.45) is 23.2 Å². The van der Waals surface area contributed by atoms with E-state index in [0.29, 0.717) is 18.0 Å².